The molecule has 1 aliphatic heterocycles. The highest BCUT2D eigenvalue weighted by molar-refractivity contribution is 7.90. The minimum atomic E-state index is -4.69. The average Bonchev–Trinajstić information content (AvgIpc) is 2.92. The van der Waals surface area contributed by atoms with E-state index in [0.29, 0.717) is 18.3 Å². The Hall–Kier alpha value is -3.76. The van der Waals surface area contributed by atoms with E-state index in [9.17, 15) is 21.6 Å². The van der Waals surface area contributed by atoms with E-state index in [2.05, 4.69) is 21.8 Å². The van der Waals surface area contributed by atoms with E-state index in [1.54, 1.807) is 30.3 Å². The van der Waals surface area contributed by atoms with Gasteiger partial charge in [-0.3, -0.25) is 4.98 Å². The van der Waals surface area contributed by atoms with Crippen molar-refractivity contribution in [3.05, 3.63) is 65.9 Å². The number of benzene rings is 1. The monoisotopic (exact) mass is 591 g/mol. The molecule has 3 heterocycles. The molecule has 0 amide bonds. The number of ether oxygens (including phenoxy) is 1. The molecule has 1 atom stereocenters. The number of halogens is 3. The lowest BCUT2D eigenvalue weighted by molar-refractivity contribution is -0.191. The number of piperidine rings is 1. The van der Waals surface area contributed by atoms with Crippen LogP contribution in [0.25, 0.3) is 11.3 Å². The highest BCUT2D eigenvalue weighted by Crippen LogP contribution is 2.39. The fourth-order valence-electron chi connectivity index (χ4n) is 4.48. The van der Waals surface area contributed by atoms with Crippen LogP contribution in [0.2, 0.25) is 0 Å². The van der Waals surface area contributed by atoms with Crippen molar-refractivity contribution in [1.82, 2.24) is 9.97 Å². The number of hydrogen-bond acceptors (Lipinski definition) is 8. The second-order valence-electron chi connectivity index (χ2n) is 10.3. The molecule has 12 heteroatoms. The Bertz CT molecular complexity index is 1470. The van der Waals surface area contributed by atoms with Gasteiger partial charge in [0.2, 0.25) is 9.84 Å². The average molecular weight is 592 g/mol. The molecule has 1 unspecified atom stereocenters. The number of anilines is 1. The molecule has 0 spiro atoms. The normalized spacial score (nSPS) is 15.6. The number of rotatable bonds is 8. The topological polar surface area (TPSA) is 107 Å². The number of hydrogen-bond donors (Lipinski definition) is 0. The van der Waals surface area contributed by atoms with E-state index in [-0.39, 0.29) is 39.8 Å². The van der Waals surface area contributed by atoms with Crippen LogP contribution < -0.4 is 9.64 Å². The second-order valence-corrected chi connectivity index (χ2v) is 12.2. The Kier molecular flexibility index (Phi) is 10.6. The van der Waals surface area contributed by atoms with Crippen LogP contribution in [0.4, 0.5) is 19.0 Å². The zero-order valence-corrected chi connectivity index (χ0v) is 23.8. The number of carbonyl (C=O) groups excluding carboxylic acids is 2. The van der Waals surface area contributed by atoms with Gasteiger partial charge in [-0.25, -0.2) is 13.4 Å². The Morgan fingerprint density at radius 3 is 2.41 bits per heavy atom. The summed E-state index contributed by atoms with van der Waals surface area (Å²) < 4.78 is 74.2. The van der Waals surface area contributed by atoms with Gasteiger partial charge in [0, 0.05) is 18.7 Å². The Morgan fingerprint density at radius 1 is 1.05 bits per heavy atom. The maximum Gasteiger partial charge on any atom is 0.418 e. The molecule has 0 aliphatic carbocycles. The van der Waals surface area contributed by atoms with Crippen molar-refractivity contribution in [1.29, 1.82) is 0 Å². The van der Waals surface area contributed by atoms with Gasteiger partial charge in [-0.05, 0) is 61.1 Å². The van der Waals surface area contributed by atoms with E-state index in [0.717, 1.165) is 38.1 Å². The van der Waals surface area contributed by atoms with Gasteiger partial charge in [0.15, 0.2) is 5.03 Å². The van der Waals surface area contributed by atoms with E-state index in [1.807, 2.05) is 13.8 Å². The van der Waals surface area contributed by atoms with Gasteiger partial charge in [0.1, 0.15) is 11.6 Å². The van der Waals surface area contributed by atoms with Crippen LogP contribution in [0.15, 0.2) is 59.6 Å². The lowest BCUT2D eigenvalue weighted by Crippen LogP contribution is -2.35. The number of para-hydroxylation sites is 1. The molecule has 0 N–H and O–H groups in total. The van der Waals surface area contributed by atoms with Crippen LogP contribution >= 0.6 is 0 Å². The van der Waals surface area contributed by atoms with E-state index in [1.165, 1.54) is 12.1 Å². The minimum Gasteiger partial charge on any atom is -0.493 e. The van der Waals surface area contributed by atoms with Crippen LogP contribution in [0.3, 0.4) is 0 Å². The molecule has 1 saturated heterocycles. The van der Waals surface area contributed by atoms with Crippen LogP contribution in [-0.2, 0) is 31.4 Å². The van der Waals surface area contributed by atoms with Gasteiger partial charge >= 0.3 is 12.3 Å². The molecule has 1 aromatic carbocycles. The van der Waals surface area contributed by atoms with Crippen molar-refractivity contribution in [3.8, 4) is 17.0 Å². The molecule has 0 radical (unpaired) electrons. The first-order chi connectivity index (χ1) is 19.4. The van der Waals surface area contributed by atoms with Gasteiger partial charge in [-0.15, -0.1) is 0 Å². The number of sulfone groups is 1. The van der Waals surface area contributed by atoms with Crippen molar-refractivity contribution in [2.24, 2.45) is 11.8 Å². The molecule has 1 aliphatic rings. The number of pyridine rings is 2. The number of alkyl halides is 3. The van der Waals surface area contributed by atoms with Crippen LogP contribution in [-0.4, -0.2) is 44.2 Å². The van der Waals surface area contributed by atoms with Crippen molar-refractivity contribution in [2.45, 2.75) is 50.6 Å². The zero-order valence-electron chi connectivity index (χ0n) is 23.0. The lowest BCUT2D eigenvalue weighted by atomic mass is 10.0. The van der Waals surface area contributed by atoms with Gasteiger partial charge < -0.3 is 9.64 Å². The first kappa shape index (κ1) is 31.8. The Balaban J connectivity index is 0.00000147. The lowest BCUT2D eigenvalue weighted by Gasteiger charge is -2.32. The molecule has 0 saturated carbocycles. The predicted molar refractivity (Wildman–Crippen MR) is 146 cm³/mol. The maximum atomic E-state index is 13.9. The number of aromatic nitrogens is 2. The van der Waals surface area contributed by atoms with E-state index >= 15 is 0 Å². The van der Waals surface area contributed by atoms with Crippen molar-refractivity contribution in [3.63, 3.8) is 0 Å². The fourth-order valence-corrected chi connectivity index (χ4v) is 5.69. The summed E-state index contributed by atoms with van der Waals surface area (Å²) in [4.78, 5) is 26.9. The Morgan fingerprint density at radius 2 is 1.76 bits per heavy atom. The van der Waals surface area contributed by atoms with Gasteiger partial charge in [-0.2, -0.15) is 22.8 Å². The molecule has 2 aromatic heterocycles. The van der Waals surface area contributed by atoms with Crippen molar-refractivity contribution >= 4 is 21.8 Å². The van der Waals surface area contributed by atoms with Crippen molar-refractivity contribution in [2.75, 3.05) is 24.6 Å². The SMILES string of the molecule is CC(C)COc1ccccc1-c1nc(CS(=O)(=O)c2cccc(N3CCCC(C)C3)n2)ccc1C(F)(F)F.O=C=O. The third-order valence-corrected chi connectivity index (χ3v) is 7.86. The standard InChI is InChI=1S/C28H32F3N3O3S.CO2/c1-19(2)17-37-24-10-5-4-9-22(24)27-23(28(29,30)31)14-13-21(32-27)18-38(35,36)26-12-6-11-25(33-26)34-15-7-8-20(3)16-34;2-1-3/h4-6,9-14,19-20H,7-8,15-18H2,1-3H3;. The summed E-state index contributed by atoms with van der Waals surface area (Å²) in [5.41, 5.74) is -1.18. The zero-order chi connectivity index (χ0) is 30.2. The van der Waals surface area contributed by atoms with Crippen LogP contribution in [0, 0.1) is 11.8 Å². The van der Waals surface area contributed by atoms with Gasteiger partial charge in [-0.1, -0.05) is 39.0 Å². The molecule has 3 aromatic rings. The molecular weight excluding hydrogens is 559 g/mol. The highest BCUT2D eigenvalue weighted by Gasteiger charge is 2.36. The van der Waals surface area contributed by atoms with Crippen molar-refractivity contribution < 1.29 is 35.9 Å². The summed E-state index contributed by atoms with van der Waals surface area (Å²) in [6.07, 6.45) is -2.32. The summed E-state index contributed by atoms with van der Waals surface area (Å²) in [6.45, 7) is 7.91. The molecule has 220 valence electrons. The molecule has 1 fully saturated rings. The first-order valence-electron chi connectivity index (χ1n) is 13.1. The smallest absolute Gasteiger partial charge is 0.418 e. The fraction of sp³-hybridized carbons (Fsp3) is 0.414. The van der Waals surface area contributed by atoms with Crippen LogP contribution in [0.1, 0.15) is 44.9 Å². The summed E-state index contributed by atoms with van der Waals surface area (Å²) in [5.74, 6) is 0.887. The number of nitrogens with zero attached hydrogens (tertiary/aromatic N) is 3. The van der Waals surface area contributed by atoms with E-state index < -0.39 is 27.3 Å². The summed E-state index contributed by atoms with van der Waals surface area (Å²) in [6, 6.07) is 13.2. The predicted octanol–water partition coefficient (Wildman–Crippen LogP) is 5.82. The minimum absolute atomic E-state index is 0.00883. The molecule has 41 heavy (non-hydrogen) atoms. The quantitative estimate of drug-likeness (QED) is 0.323. The maximum absolute atomic E-state index is 13.9. The molecule has 4 rings (SSSR count). The third kappa shape index (κ3) is 8.61. The molecule has 0 bridgehead atoms. The van der Waals surface area contributed by atoms with E-state index in [4.69, 9.17) is 14.3 Å². The largest absolute Gasteiger partial charge is 0.493 e. The summed E-state index contributed by atoms with van der Waals surface area (Å²) in [5, 5.41) is -0.128. The second kappa shape index (κ2) is 13.7. The highest BCUT2D eigenvalue weighted by atomic mass is 32.2. The molecular formula is C29H32F3N3O5S. The summed E-state index contributed by atoms with van der Waals surface area (Å²) >= 11 is 0. The Labute approximate surface area is 237 Å². The molecule has 8 nitrogen and oxygen atoms in total. The summed E-state index contributed by atoms with van der Waals surface area (Å²) in [7, 11) is -3.98. The van der Waals surface area contributed by atoms with Gasteiger partial charge in [0.25, 0.3) is 0 Å². The first-order valence-corrected chi connectivity index (χ1v) is 14.7. The van der Waals surface area contributed by atoms with Gasteiger partial charge in [0.05, 0.1) is 29.3 Å². The third-order valence-electron chi connectivity index (χ3n) is 6.32. The van der Waals surface area contributed by atoms with Crippen LogP contribution in [0.5, 0.6) is 5.75 Å².